The van der Waals surface area contributed by atoms with Crippen LogP contribution in [0.4, 0.5) is 0 Å². The first kappa shape index (κ1) is 15.9. The summed E-state index contributed by atoms with van der Waals surface area (Å²) in [6.07, 6.45) is 9.88. The predicted octanol–water partition coefficient (Wildman–Crippen LogP) is 2.34. The molecule has 1 aliphatic rings. The van der Waals surface area contributed by atoms with Crippen LogP contribution in [0.25, 0.3) is 0 Å². The smallest absolute Gasteiger partial charge is 0.0459 e. The van der Waals surface area contributed by atoms with E-state index in [-0.39, 0.29) is 13.2 Å². The number of hydrogen-bond acceptors (Lipinski definition) is 3. The highest BCUT2D eigenvalue weighted by Gasteiger charge is 2.16. The van der Waals surface area contributed by atoms with E-state index in [1.54, 1.807) is 0 Å². The van der Waals surface area contributed by atoms with Crippen LogP contribution in [0.15, 0.2) is 0 Å². The van der Waals surface area contributed by atoms with Crippen molar-refractivity contribution in [3.05, 3.63) is 0 Å². The van der Waals surface area contributed by atoms with Crippen LogP contribution in [0.5, 0.6) is 0 Å². The quantitative estimate of drug-likeness (QED) is 0.728. The molecule has 0 unspecified atom stereocenters. The van der Waals surface area contributed by atoms with Crippen molar-refractivity contribution < 1.29 is 15.3 Å². The first-order valence-corrected chi connectivity index (χ1v) is 7.62. The highest BCUT2D eigenvalue weighted by Crippen LogP contribution is 2.25. The Morgan fingerprint density at radius 3 is 1.22 bits per heavy atom. The molecule has 0 aromatic heterocycles. The molecular weight excluding hydrogens is 228 g/mol. The molecule has 1 saturated carbocycles. The van der Waals surface area contributed by atoms with Crippen molar-refractivity contribution >= 4 is 0 Å². The van der Waals surface area contributed by atoms with Gasteiger partial charge in [-0.3, -0.25) is 0 Å². The third-order valence-electron chi connectivity index (χ3n) is 4.46. The molecule has 3 N–H and O–H groups in total. The normalized spacial score (nSPS) is 32.5. The minimum absolute atomic E-state index is 0.266. The van der Waals surface area contributed by atoms with Crippen molar-refractivity contribution in [2.45, 2.75) is 57.8 Å². The van der Waals surface area contributed by atoms with Gasteiger partial charge in [-0.1, -0.05) is 19.3 Å². The Bertz CT molecular complexity index is 196. The summed E-state index contributed by atoms with van der Waals surface area (Å²) in [5.74, 6) is 1.24. The van der Waals surface area contributed by atoms with Gasteiger partial charge in [-0.25, -0.2) is 0 Å². The van der Waals surface area contributed by atoms with Gasteiger partial charge in [0.25, 0.3) is 0 Å². The summed E-state index contributed by atoms with van der Waals surface area (Å²) in [6, 6.07) is 0. The lowest BCUT2D eigenvalue weighted by atomic mass is 9.86. The van der Waals surface area contributed by atoms with Crippen molar-refractivity contribution in [3.63, 3.8) is 0 Å². The molecule has 0 spiro atoms. The molecule has 18 heavy (non-hydrogen) atoms. The molecular formula is C15H30O3. The largest absolute Gasteiger partial charge is 0.396 e. The van der Waals surface area contributed by atoms with E-state index in [9.17, 15) is 15.3 Å². The summed E-state index contributed by atoms with van der Waals surface area (Å²) in [4.78, 5) is 0. The van der Waals surface area contributed by atoms with Crippen LogP contribution in [0.3, 0.4) is 0 Å². The van der Waals surface area contributed by atoms with Gasteiger partial charge in [0.15, 0.2) is 0 Å². The number of aliphatic hydroxyl groups is 3. The van der Waals surface area contributed by atoms with E-state index < -0.39 is 0 Å². The fraction of sp³-hybridized carbons (Fsp3) is 1.00. The summed E-state index contributed by atoms with van der Waals surface area (Å²) < 4.78 is 0. The van der Waals surface area contributed by atoms with Crippen LogP contribution in [0.2, 0.25) is 0 Å². The molecule has 0 bridgehead atoms. The van der Waals surface area contributed by atoms with Crippen LogP contribution in [-0.2, 0) is 0 Å². The van der Waals surface area contributed by atoms with Gasteiger partial charge in [0.2, 0.25) is 0 Å². The average molecular weight is 258 g/mol. The van der Waals surface area contributed by atoms with Crippen LogP contribution < -0.4 is 0 Å². The fourth-order valence-corrected chi connectivity index (χ4v) is 3.01. The minimum Gasteiger partial charge on any atom is -0.396 e. The number of hydrogen-bond donors (Lipinski definition) is 3. The van der Waals surface area contributed by atoms with Crippen molar-refractivity contribution in [1.29, 1.82) is 0 Å². The maximum Gasteiger partial charge on any atom is 0.0459 e. The third-order valence-corrected chi connectivity index (χ3v) is 4.46. The van der Waals surface area contributed by atoms with E-state index in [0.29, 0.717) is 24.4 Å². The van der Waals surface area contributed by atoms with Crippen LogP contribution in [-0.4, -0.2) is 35.1 Å². The van der Waals surface area contributed by atoms with Gasteiger partial charge < -0.3 is 15.3 Å². The van der Waals surface area contributed by atoms with Gasteiger partial charge in [-0.15, -0.1) is 0 Å². The van der Waals surface area contributed by atoms with Crippen molar-refractivity contribution in [2.75, 3.05) is 19.8 Å². The molecule has 0 aromatic rings. The molecule has 1 aliphatic carbocycles. The van der Waals surface area contributed by atoms with Gasteiger partial charge in [0, 0.05) is 19.8 Å². The Hall–Kier alpha value is -0.120. The molecule has 3 nitrogen and oxygen atoms in total. The van der Waals surface area contributed by atoms with Gasteiger partial charge in [0.05, 0.1) is 0 Å². The molecule has 3 heteroatoms. The monoisotopic (exact) mass is 258 g/mol. The summed E-state index contributed by atoms with van der Waals surface area (Å²) in [6.45, 7) is 0.844. The standard InChI is InChI=1S/C15H30O3/c16-10-13-4-1-2-5-14(11-17)8-9-15(12-18)7-3-6-13/h13-18H,1-12H2/t13-,14-,15-/m1/s1. The second-order valence-electron chi connectivity index (χ2n) is 5.94. The Labute approximate surface area is 111 Å². The summed E-state index contributed by atoms with van der Waals surface area (Å²) in [5.41, 5.74) is 0. The fourth-order valence-electron chi connectivity index (χ4n) is 3.01. The lowest BCUT2D eigenvalue weighted by Gasteiger charge is -2.22. The first-order valence-electron chi connectivity index (χ1n) is 7.62. The highest BCUT2D eigenvalue weighted by molar-refractivity contribution is 4.68. The molecule has 3 atom stereocenters. The zero-order valence-electron chi connectivity index (χ0n) is 11.6. The summed E-state index contributed by atoms with van der Waals surface area (Å²) >= 11 is 0. The second-order valence-corrected chi connectivity index (χ2v) is 5.94. The van der Waals surface area contributed by atoms with Crippen LogP contribution >= 0.6 is 0 Å². The second kappa shape index (κ2) is 9.76. The number of aliphatic hydroxyl groups excluding tert-OH is 3. The SMILES string of the molecule is OC[C@@H]1CCCC[C@@H](CO)CC[C@H](CO)CCC1. The van der Waals surface area contributed by atoms with Crippen molar-refractivity contribution in [3.8, 4) is 0 Å². The Balaban J connectivity index is 2.44. The molecule has 0 amide bonds. The maximum absolute atomic E-state index is 9.37. The first-order chi connectivity index (χ1) is 8.80. The third kappa shape index (κ3) is 6.17. The Kier molecular flexibility index (Phi) is 8.64. The van der Waals surface area contributed by atoms with Gasteiger partial charge >= 0.3 is 0 Å². The van der Waals surface area contributed by atoms with Gasteiger partial charge in [-0.2, -0.15) is 0 Å². The van der Waals surface area contributed by atoms with Crippen LogP contribution in [0, 0.1) is 17.8 Å². The van der Waals surface area contributed by atoms with Gasteiger partial charge in [-0.05, 0) is 56.3 Å². The zero-order chi connectivity index (χ0) is 13.2. The summed E-state index contributed by atoms with van der Waals surface area (Å²) in [7, 11) is 0. The maximum atomic E-state index is 9.37. The Morgan fingerprint density at radius 2 is 0.833 bits per heavy atom. The number of rotatable bonds is 3. The lowest BCUT2D eigenvalue weighted by Crippen LogP contribution is -2.14. The van der Waals surface area contributed by atoms with Crippen molar-refractivity contribution in [2.24, 2.45) is 17.8 Å². The van der Waals surface area contributed by atoms with Crippen molar-refractivity contribution in [1.82, 2.24) is 0 Å². The molecule has 0 radical (unpaired) electrons. The molecule has 1 rings (SSSR count). The van der Waals surface area contributed by atoms with E-state index >= 15 is 0 Å². The van der Waals surface area contributed by atoms with E-state index in [1.807, 2.05) is 0 Å². The van der Waals surface area contributed by atoms with Crippen LogP contribution in [0.1, 0.15) is 57.8 Å². The molecule has 108 valence electrons. The van der Waals surface area contributed by atoms with E-state index in [4.69, 9.17) is 0 Å². The average Bonchev–Trinajstić information content (AvgIpc) is 2.39. The summed E-state index contributed by atoms with van der Waals surface area (Å²) in [5, 5.41) is 28.0. The minimum atomic E-state index is 0.266. The lowest BCUT2D eigenvalue weighted by molar-refractivity contribution is 0.158. The molecule has 0 saturated heterocycles. The zero-order valence-corrected chi connectivity index (χ0v) is 11.6. The Morgan fingerprint density at radius 1 is 0.500 bits per heavy atom. The van der Waals surface area contributed by atoms with Gasteiger partial charge in [0.1, 0.15) is 0 Å². The van der Waals surface area contributed by atoms with E-state index in [1.165, 1.54) is 6.42 Å². The molecule has 0 heterocycles. The molecule has 0 aromatic carbocycles. The highest BCUT2D eigenvalue weighted by atomic mass is 16.3. The predicted molar refractivity (Wildman–Crippen MR) is 73.3 cm³/mol. The van der Waals surface area contributed by atoms with E-state index in [2.05, 4.69) is 0 Å². The van der Waals surface area contributed by atoms with E-state index in [0.717, 1.165) is 51.4 Å². The molecule has 1 fully saturated rings. The topological polar surface area (TPSA) is 60.7 Å². The molecule has 0 aliphatic heterocycles.